The van der Waals surface area contributed by atoms with E-state index < -0.39 is 0 Å². The average molecular weight is 661 g/mol. The van der Waals surface area contributed by atoms with E-state index in [4.69, 9.17) is 9.41 Å². The van der Waals surface area contributed by atoms with Crippen LogP contribution in [0.4, 0.5) is 0 Å². The number of allylic oxidation sites excluding steroid dienone is 4. The van der Waals surface area contributed by atoms with Crippen molar-refractivity contribution in [3.05, 3.63) is 180 Å². The predicted octanol–water partition coefficient (Wildman–Crippen LogP) is 11.1. The Hall–Kier alpha value is -6.17. The van der Waals surface area contributed by atoms with Crippen LogP contribution < -0.4 is 5.32 Å². The normalized spacial score (nSPS) is 17.8. The van der Waals surface area contributed by atoms with E-state index in [-0.39, 0.29) is 12.3 Å². The first-order valence-corrected chi connectivity index (χ1v) is 17.7. The van der Waals surface area contributed by atoms with Crippen LogP contribution in [-0.2, 0) is 0 Å². The Labute approximate surface area is 296 Å². The number of aromatic nitrogens is 1. The number of furan rings is 1. The number of hydrogen-bond donors (Lipinski definition) is 1. The lowest BCUT2D eigenvalue weighted by atomic mass is 9.96. The van der Waals surface area contributed by atoms with Crippen LogP contribution in [0, 0.1) is 0 Å². The summed E-state index contributed by atoms with van der Waals surface area (Å²) in [5.74, 6) is 0.957. The van der Waals surface area contributed by atoms with Gasteiger partial charge in [0, 0.05) is 34.2 Å². The number of benzene rings is 6. The standard InChI is InChI=1S/C46H36N4O/c1-49-45(32-18-9-4-10-19-32)47-44(31-16-7-3-8-17-31)48-46(49)34-25-27-42-38(29-34)36-21-13-23-41(43(36)51-42)50-39-22-12-11-20-35(39)37-28-33(24-26-40(37)50)30-14-5-2-6-15-30/h2-5,7-14,16-29,44,46,48H,6,15H2,1H3. The van der Waals surface area contributed by atoms with Gasteiger partial charge in [0.15, 0.2) is 5.58 Å². The first-order valence-electron chi connectivity index (χ1n) is 17.7. The fourth-order valence-electron chi connectivity index (χ4n) is 8.05. The second-order valence-corrected chi connectivity index (χ2v) is 13.6. The maximum absolute atomic E-state index is 6.78. The SMILES string of the molecule is CN1C(c2ccccc2)=NC(c2ccccc2)NC1c1ccc2oc3c(-n4c5ccccc5c5cc(C6=CC=CCC6)ccc54)cccc3c2c1. The highest BCUT2D eigenvalue weighted by Crippen LogP contribution is 2.40. The van der Waals surface area contributed by atoms with Crippen LogP contribution in [0.1, 0.15) is 47.4 Å². The van der Waals surface area contributed by atoms with E-state index in [2.05, 4.69) is 167 Å². The highest BCUT2D eigenvalue weighted by Gasteiger charge is 2.30. The summed E-state index contributed by atoms with van der Waals surface area (Å²) in [6.07, 6.45) is 8.54. The Morgan fingerprint density at radius 2 is 1.45 bits per heavy atom. The quantitative estimate of drug-likeness (QED) is 0.200. The predicted molar refractivity (Wildman–Crippen MR) is 210 cm³/mol. The number of nitrogens with zero attached hydrogens (tertiary/aromatic N) is 3. The molecule has 6 aromatic carbocycles. The molecule has 2 atom stereocenters. The minimum Gasteiger partial charge on any atom is -0.454 e. The van der Waals surface area contributed by atoms with Crippen molar-refractivity contribution in [3.8, 4) is 5.69 Å². The maximum Gasteiger partial charge on any atom is 0.159 e. The Balaban J connectivity index is 1.11. The fourth-order valence-corrected chi connectivity index (χ4v) is 8.05. The number of nitrogens with one attached hydrogen (secondary N) is 1. The largest absolute Gasteiger partial charge is 0.454 e. The summed E-state index contributed by atoms with van der Waals surface area (Å²) >= 11 is 0. The van der Waals surface area contributed by atoms with Crippen molar-refractivity contribution >= 4 is 55.2 Å². The smallest absolute Gasteiger partial charge is 0.159 e. The Kier molecular flexibility index (Phi) is 7.00. The van der Waals surface area contributed by atoms with Crippen LogP contribution in [0.5, 0.6) is 0 Å². The van der Waals surface area contributed by atoms with Gasteiger partial charge in [-0.05, 0) is 71.5 Å². The first-order chi connectivity index (χ1) is 25.2. The van der Waals surface area contributed by atoms with Gasteiger partial charge in [0.05, 0.1) is 16.7 Å². The number of hydrogen-bond acceptors (Lipinski definition) is 4. The van der Waals surface area contributed by atoms with Gasteiger partial charge in [0.25, 0.3) is 0 Å². The Morgan fingerprint density at radius 3 is 2.29 bits per heavy atom. The number of fused-ring (bicyclic) bond motifs is 6. The van der Waals surface area contributed by atoms with Crippen molar-refractivity contribution in [2.24, 2.45) is 4.99 Å². The van der Waals surface area contributed by atoms with Gasteiger partial charge in [0.2, 0.25) is 0 Å². The molecule has 5 nitrogen and oxygen atoms in total. The molecule has 0 saturated heterocycles. The van der Waals surface area contributed by atoms with E-state index in [1.54, 1.807) is 0 Å². The minimum absolute atomic E-state index is 0.109. The number of para-hydroxylation sites is 2. The number of amidine groups is 1. The zero-order chi connectivity index (χ0) is 33.9. The van der Waals surface area contributed by atoms with Gasteiger partial charge in [-0.15, -0.1) is 0 Å². The van der Waals surface area contributed by atoms with Crippen LogP contribution >= 0.6 is 0 Å². The molecule has 1 N–H and O–H groups in total. The lowest BCUT2D eigenvalue weighted by Crippen LogP contribution is -2.46. The van der Waals surface area contributed by atoms with Crippen LogP contribution in [0.15, 0.2) is 167 Å². The van der Waals surface area contributed by atoms with Crippen LogP contribution in [0.25, 0.3) is 55.0 Å². The Morgan fingerprint density at radius 1 is 0.667 bits per heavy atom. The van der Waals surface area contributed by atoms with Crippen molar-refractivity contribution < 1.29 is 4.42 Å². The van der Waals surface area contributed by atoms with E-state index in [1.807, 2.05) is 12.1 Å². The van der Waals surface area contributed by atoms with Gasteiger partial charge in [-0.3, -0.25) is 5.32 Å². The fraction of sp³-hybridized carbons (Fsp3) is 0.109. The summed E-state index contributed by atoms with van der Waals surface area (Å²) in [4.78, 5) is 7.45. The molecule has 0 radical (unpaired) electrons. The second kappa shape index (κ2) is 12.0. The van der Waals surface area contributed by atoms with Gasteiger partial charge in [-0.25, -0.2) is 4.99 Å². The molecule has 5 heteroatoms. The molecule has 8 aromatic rings. The van der Waals surface area contributed by atoms with Crippen molar-refractivity contribution in [1.82, 2.24) is 14.8 Å². The molecule has 1 aliphatic carbocycles. The van der Waals surface area contributed by atoms with Gasteiger partial charge in [-0.2, -0.15) is 0 Å². The van der Waals surface area contributed by atoms with E-state index >= 15 is 0 Å². The lowest BCUT2D eigenvalue weighted by molar-refractivity contribution is 0.257. The molecule has 0 bridgehead atoms. The summed E-state index contributed by atoms with van der Waals surface area (Å²) < 4.78 is 9.15. The van der Waals surface area contributed by atoms with Gasteiger partial charge in [-0.1, -0.05) is 121 Å². The average Bonchev–Trinajstić information content (AvgIpc) is 3.74. The number of aliphatic imine (C=N–C) groups is 1. The van der Waals surface area contributed by atoms with Gasteiger partial charge in [0.1, 0.15) is 23.8 Å². The molecule has 2 unspecified atom stereocenters. The monoisotopic (exact) mass is 660 g/mol. The van der Waals surface area contributed by atoms with E-state index in [9.17, 15) is 0 Å². The highest BCUT2D eigenvalue weighted by atomic mass is 16.3. The molecular formula is C46H36N4O. The van der Waals surface area contributed by atoms with Crippen molar-refractivity contribution in [3.63, 3.8) is 0 Å². The summed E-state index contributed by atoms with van der Waals surface area (Å²) in [6, 6.07) is 49.7. The van der Waals surface area contributed by atoms with Gasteiger partial charge < -0.3 is 13.9 Å². The van der Waals surface area contributed by atoms with Crippen molar-refractivity contribution in [2.45, 2.75) is 25.2 Å². The van der Waals surface area contributed by atoms with E-state index in [1.165, 1.54) is 32.9 Å². The molecule has 1 aliphatic heterocycles. The van der Waals surface area contributed by atoms with Crippen LogP contribution in [0.2, 0.25) is 0 Å². The summed E-state index contributed by atoms with van der Waals surface area (Å²) in [6.45, 7) is 0. The maximum atomic E-state index is 6.78. The van der Waals surface area contributed by atoms with Crippen LogP contribution in [-0.4, -0.2) is 22.4 Å². The molecular weight excluding hydrogens is 625 g/mol. The molecule has 51 heavy (non-hydrogen) atoms. The Bertz CT molecular complexity index is 2700. The summed E-state index contributed by atoms with van der Waals surface area (Å²) in [7, 11) is 2.12. The van der Waals surface area contributed by atoms with Crippen molar-refractivity contribution in [1.29, 1.82) is 0 Å². The molecule has 10 rings (SSSR count). The molecule has 0 fully saturated rings. The number of rotatable bonds is 5. The summed E-state index contributed by atoms with van der Waals surface area (Å²) in [5, 5.41) is 8.53. The van der Waals surface area contributed by atoms with E-state index in [0.717, 1.165) is 63.0 Å². The minimum atomic E-state index is -0.187. The lowest BCUT2D eigenvalue weighted by Gasteiger charge is -2.39. The van der Waals surface area contributed by atoms with Gasteiger partial charge >= 0.3 is 0 Å². The third-order valence-corrected chi connectivity index (χ3v) is 10.5. The molecule has 0 saturated carbocycles. The third kappa shape index (κ3) is 4.92. The summed E-state index contributed by atoms with van der Waals surface area (Å²) in [5.41, 5.74) is 11.2. The molecule has 2 aliphatic rings. The highest BCUT2D eigenvalue weighted by molar-refractivity contribution is 6.13. The van der Waals surface area contributed by atoms with Crippen LogP contribution in [0.3, 0.4) is 0 Å². The molecule has 0 amide bonds. The molecule has 2 aromatic heterocycles. The van der Waals surface area contributed by atoms with E-state index in [0.29, 0.717) is 0 Å². The zero-order valence-electron chi connectivity index (χ0n) is 28.3. The molecule has 246 valence electrons. The topological polar surface area (TPSA) is 45.7 Å². The first kappa shape index (κ1) is 29.7. The molecule has 3 heterocycles. The second-order valence-electron chi connectivity index (χ2n) is 13.6. The molecule has 0 spiro atoms. The van der Waals surface area contributed by atoms with Crippen molar-refractivity contribution in [2.75, 3.05) is 7.05 Å². The third-order valence-electron chi connectivity index (χ3n) is 10.5. The zero-order valence-corrected chi connectivity index (χ0v) is 28.3.